The predicted molar refractivity (Wildman–Crippen MR) is 83.0 cm³/mol. The van der Waals surface area contributed by atoms with Gasteiger partial charge in [-0.25, -0.2) is 0 Å². The lowest BCUT2D eigenvalue weighted by Gasteiger charge is -2.17. The maximum absolute atomic E-state index is 11.7. The van der Waals surface area contributed by atoms with Crippen LogP contribution in [0.2, 0.25) is 0 Å². The Morgan fingerprint density at radius 1 is 1.14 bits per heavy atom. The van der Waals surface area contributed by atoms with Crippen LogP contribution in [0.1, 0.15) is 28.2 Å². The minimum Gasteiger partial charge on any atom is -0.496 e. The van der Waals surface area contributed by atoms with Gasteiger partial charge in [0.2, 0.25) is 0 Å². The summed E-state index contributed by atoms with van der Waals surface area (Å²) in [7, 11) is 1.57. The average Bonchev–Trinajstić information content (AvgIpc) is 2.44. The van der Waals surface area contributed by atoms with Crippen molar-refractivity contribution in [3.8, 4) is 5.75 Å². The van der Waals surface area contributed by atoms with E-state index in [9.17, 15) is 9.90 Å². The van der Waals surface area contributed by atoms with Gasteiger partial charge >= 0.3 is 5.97 Å². The molecular weight excluding hydrogens is 264 g/mol. The summed E-state index contributed by atoms with van der Waals surface area (Å²) in [5.74, 6) is -0.817. The van der Waals surface area contributed by atoms with Crippen molar-refractivity contribution in [2.24, 2.45) is 0 Å². The van der Waals surface area contributed by atoms with Crippen molar-refractivity contribution < 1.29 is 14.6 Å². The highest BCUT2D eigenvalue weighted by molar-refractivity contribution is 5.77. The van der Waals surface area contributed by atoms with Crippen LogP contribution in [0.5, 0.6) is 5.75 Å². The standard InChI is InChI=1S/C18H20O3/c1-12-5-4-6-14(9-12)11-16(18(19)20)15-10-13(2)7-8-17(15)21-3/h4-10,16H,11H2,1-3H3,(H,19,20). The van der Waals surface area contributed by atoms with E-state index in [1.54, 1.807) is 7.11 Å². The molecule has 2 aromatic rings. The number of hydrogen-bond acceptors (Lipinski definition) is 2. The molecular formula is C18H20O3. The van der Waals surface area contributed by atoms with E-state index in [0.717, 1.165) is 22.3 Å². The van der Waals surface area contributed by atoms with Crippen molar-refractivity contribution in [1.29, 1.82) is 0 Å². The Morgan fingerprint density at radius 2 is 1.86 bits per heavy atom. The van der Waals surface area contributed by atoms with E-state index >= 15 is 0 Å². The average molecular weight is 284 g/mol. The summed E-state index contributed by atoms with van der Waals surface area (Å²) in [6.45, 7) is 3.96. The van der Waals surface area contributed by atoms with Crippen molar-refractivity contribution in [3.63, 3.8) is 0 Å². The number of carboxylic acids is 1. The van der Waals surface area contributed by atoms with Gasteiger partial charge in [0.1, 0.15) is 5.75 Å². The van der Waals surface area contributed by atoms with Gasteiger partial charge in [0, 0.05) is 5.56 Å². The first-order valence-corrected chi connectivity index (χ1v) is 6.94. The number of carboxylic acid groups (broad SMARTS) is 1. The number of carbonyl (C=O) groups is 1. The van der Waals surface area contributed by atoms with Crippen LogP contribution in [0.15, 0.2) is 42.5 Å². The van der Waals surface area contributed by atoms with Crippen molar-refractivity contribution in [2.75, 3.05) is 7.11 Å². The van der Waals surface area contributed by atoms with Crippen LogP contribution in [0.3, 0.4) is 0 Å². The first kappa shape index (κ1) is 15.1. The molecule has 2 aromatic carbocycles. The third-order valence-corrected chi connectivity index (χ3v) is 3.58. The van der Waals surface area contributed by atoms with E-state index in [1.165, 1.54) is 0 Å². The molecule has 1 N–H and O–H groups in total. The fourth-order valence-corrected chi connectivity index (χ4v) is 2.53. The van der Waals surface area contributed by atoms with E-state index in [-0.39, 0.29) is 0 Å². The zero-order chi connectivity index (χ0) is 15.4. The molecule has 0 aliphatic rings. The topological polar surface area (TPSA) is 46.5 Å². The highest BCUT2D eigenvalue weighted by atomic mass is 16.5. The van der Waals surface area contributed by atoms with E-state index in [0.29, 0.717) is 12.2 Å². The van der Waals surface area contributed by atoms with Crippen LogP contribution in [0.25, 0.3) is 0 Å². The fraction of sp³-hybridized carbons (Fsp3) is 0.278. The normalized spacial score (nSPS) is 12.0. The smallest absolute Gasteiger partial charge is 0.311 e. The third-order valence-electron chi connectivity index (χ3n) is 3.58. The molecule has 0 aromatic heterocycles. The summed E-state index contributed by atoms with van der Waals surface area (Å²) in [6.07, 6.45) is 0.455. The fourth-order valence-electron chi connectivity index (χ4n) is 2.53. The summed E-state index contributed by atoms with van der Waals surface area (Å²) >= 11 is 0. The first-order valence-electron chi connectivity index (χ1n) is 6.94. The van der Waals surface area contributed by atoms with Crippen LogP contribution in [-0.4, -0.2) is 18.2 Å². The Morgan fingerprint density at radius 3 is 2.48 bits per heavy atom. The Bertz CT molecular complexity index is 647. The zero-order valence-electron chi connectivity index (χ0n) is 12.6. The maximum atomic E-state index is 11.7. The summed E-state index contributed by atoms with van der Waals surface area (Å²) < 4.78 is 5.33. The van der Waals surface area contributed by atoms with Crippen molar-refractivity contribution in [2.45, 2.75) is 26.2 Å². The second kappa shape index (κ2) is 6.44. The molecule has 0 saturated heterocycles. The van der Waals surface area contributed by atoms with Gasteiger partial charge in [-0.05, 0) is 31.9 Å². The first-order chi connectivity index (χ1) is 10.0. The largest absolute Gasteiger partial charge is 0.496 e. The van der Waals surface area contributed by atoms with Gasteiger partial charge < -0.3 is 9.84 Å². The van der Waals surface area contributed by atoms with Crippen LogP contribution in [0, 0.1) is 13.8 Å². The molecule has 0 bridgehead atoms. The number of ether oxygens (including phenoxy) is 1. The van der Waals surface area contributed by atoms with Gasteiger partial charge in [-0.1, -0.05) is 47.5 Å². The molecule has 3 nitrogen and oxygen atoms in total. The minimum absolute atomic E-state index is 0.455. The number of rotatable bonds is 5. The van der Waals surface area contributed by atoms with Gasteiger partial charge in [-0.2, -0.15) is 0 Å². The second-order valence-corrected chi connectivity index (χ2v) is 5.33. The van der Waals surface area contributed by atoms with Crippen LogP contribution in [0.4, 0.5) is 0 Å². The summed E-state index contributed by atoms with van der Waals surface area (Å²) in [4.78, 5) is 11.7. The van der Waals surface area contributed by atoms with Crippen molar-refractivity contribution in [3.05, 3.63) is 64.7 Å². The number of methoxy groups -OCH3 is 1. The zero-order valence-corrected chi connectivity index (χ0v) is 12.6. The number of hydrogen-bond donors (Lipinski definition) is 1. The molecule has 1 unspecified atom stereocenters. The van der Waals surface area contributed by atoms with Gasteiger partial charge in [0.05, 0.1) is 13.0 Å². The molecule has 1 atom stereocenters. The lowest BCUT2D eigenvalue weighted by Crippen LogP contribution is -2.15. The van der Waals surface area contributed by atoms with Gasteiger partial charge in [0.25, 0.3) is 0 Å². The predicted octanol–water partition coefficient (Wildman–Crippen LogP) is 3.72. The molecule has 0 aliphatic carbocycles. The molecule has 21 heavy (non-hydrogen) atoms. The Balaban J connectivity index is 2.40. The lowest BCUT2D eigenvalue weighted by molar-refractivity contribution is -0.138. The molecule has 0 amide bonds. The Hall–Kier alpha value is -2.29. The molecule has 0 heterocycles. The molecule has 3 heteroatoms. The quantitative estimate of drug-likeness (QED) is 0.910. The number of benzene rings is 2. The van der Waals surface area contributed by atoms with Crippen molar-refractivity contribution in [1.82, 2.24) is 0 Å². The molecule has 0 spiro atoms. The van der Waals surface area contributed by atoms with Gasteiger partial charge in [0.15, 0.2) is 0 Å². The van der Waals surface area contributed by atoms with E-state index in [1.807, 2.05) is 56.3 Å². The van der Waals surface area contributed by atoms with Gasteiger partial charge in [-0.3, -0.25) is 4.79 Å². The molecule has 2 rings (SSSR count). The SMILES string of the molecule is COc1ccc(C)cc1C(Cc1cccc(C)c1)C(=O)O. The minimum atomic E-state index is -0.833. The maximum Gasteiger partial charge on any atom is 0.311 e. The van der Waals surface area contributed by atoms with Crippen molar-refractivity contribution >= 4 is 5.97 Å². The van der Waals surface area contributed by atoms with Gasteiger partial charge in [-0.15, -0.1) is 0 Å². The van der Waals surface area contributed by atoms with Crippen LogP contribution < -0.4 is 4.74 Å². The Labute approximate surface area is 125 Å². The summed E-state index contributed by atoms with van der Waals surface area (Å²) in [6, 6.07) is 13.6. The lowest BCUT2D eigenvalue weighted by atomic mass is 9.90. The molecule has 110 valence electrons. The molecule has 0 radical (unpaired) electrons. The van der Waals surface area contributed by atoms with E-state index in [4.69, 9.17) is 4.74 Å². The van der Waals surface area contributed by atoms with Crippen LogP contribution >= 0.6 is 0 Å². The van der Waals surface area contributed by atoms with Crippen LogP contribution in [-0.2, 0) is 11.2 Å². The highest BCUT2D eigenvalue weighted by Crippen LogP contribution is 2.30. The molecule has 0 aliphatic heterocycles. The summed E-state index contributed by atoms with van der Waals surface area (Å²) in [5, 5.41) is 9.61. The van der Waals surface area contributed by atoms with E-state index in [2.05, 4.69) is 0 Å². The Kier molecular flexibility index (Phi) is 4.63. The molecule has 0 saturated carbocycles. The third kappa shape index (κ3) is 3.63. The second-order valence-electron chi connectivity index (χ2n) is 5.33. The number of aliphatic carboxylic acids is 1. The highest BCUT2D eigenvalue weighted by Gasteiger charge is 2.24. The number of aryl methyl sites for hydroxylation is 2. The molecule has 0 fully saturated rings. The summed E-state index contributed by atoms with van der Waals surface area (Å²) in [5.41, 5.74) is 3.91. The van der Waals surface area contributed by atoms with E-state index < -0.39 is 11.9 Å². The monoisotopic (exact) mass is 284 g/mol.